The third-order valence-electron chi connectivity index (χ3n) is 25.4. The van der Waals surface area contributed by atoms with Gasteiger partial charge in [-0.25, -0.2) is 0 Å². The van der Waals surface area contributed by atoms with E-state index in [1.807, 2.05) is 0 Å². The molecule has 0 aromatic heterocycles. The van der Waals surface area contributed by atoms with Gasteiger partial charge in [-0.15, -0.1) is 0 Å². The van der Waals surface area contributed by atoms with Crippen molar-refractivity contribution in [3.63, 3.8) is 0 Å². The Balaban J connectivity index is 0.000000189. The second-order valence-electron chi connectivity index (χ2n) is 39.5. The normalized spacial score (nSPS) is 21.0. The SMILES string of the molecule is C.Cc1cc(N(c2cccc(C(C)(C)C)c2)c2cccc(C(C)(C)C)c2)cc(N2c3ccc(C(C)(C)C)cc3C3(C)CCCCC23C)c1.Cc1cc2c3c(c1)N1c4c(cc(C(C)(C)C)cc4C4(C)CCCCC14C)B3c1ccc(C(C)(C)C)cc1N2c1cccc(C(C)(C)C)c1.II(I)I(I)I(I)I(I)I(I)I(I)I(I)I(I)I(I)I(I)I(I)I(I)I(I)I(I)I. The Morgan fingerprint density at radius 1 is 0.310 bits per heavy atom. The number of aryl methyl sites for hydroxylation is 2. The average Bonchev–Trinajstić information content (AvgIpc) is 1.45. The fraction of sp³-hybridized carbons (Fsp3) is 0.473. The van der Waals surface area contributed by atoms with Crippen LogP contribution >= 0.6 is 408 Å². The number of halogens is 30. The van der Waals surface area contributed by atoms with Crippen LogP contribution in [0.15, 0.2) is 152 Å². The topological polar surface area (TPSA) is 13.0 Å². The molecule has 4 heterocycles. The van der Waals surface area contributed by atoms with Crippen LogP contribution in [-0.2, 0) is 43.3 Å². The molecule has 8 aromatic carbocycles. The molecule has 0 N–H and O–H groups in total. The number of rotatable bonds is 18. The van der Waals surface area contributed by atoms with Gasteiger partial charge in [0.25, 0.3) is 6.71 Å². The Bertz CT molecular complexity index is 5160. The average molecular weight is 5080 g/mol. The van der Waals surface area contributed by atoms with Gasteiger partial charge in [0.05, 0.1) is 11.1 Å². The van der Waals surface area contributed by atoms with E-state index in [1.165, 1.54) is 175 Å². The zero-order valence-electron chi connectivity index (χ0n) is 74.3. The van der Waals surface area contributed by atoms with Gasteiger partial charge in [-0.2, -0.15) is 0 Å². The Morgan fingerprint density at radius 2 is 0.683 bits per heavy atom. The Morgan fingerprint density at radius 3 is 1.13 bits per heavy atom. The first-order valence-corrected chi connectivity index (χ1v) is 223. The molecular formula is C91H117BI30N4. The summed E-state index contributed by atoms with van der Waals surface area (Å²) in [6.45, 7) is 57.1. The molecule has 126 heavy (non-hydrogen) atoms. The molecule has 714 valence electrons. The van der Waals surface area contributed by atoms with E-state index in [2.05, 4.69) is 635 Å². The minimum absolute atomic E-state index is 0. The van der Waals surface area contributed by atoms with E-state index in [-0.39, 0.29) is 68.5 Å². The molecular weight excluding hydrogens is 4970 g/mol. The van der Waals surface area contributed by atoms with Crippen LogP contribution in [0.1, 0.15) is 267 Å². The van der Waals surface area contributed by atoms with Gasteiger partial charge in [-0.05, 0) is 237 Å². The molecule has 2 fully saturated rings. The van der Waals surface area contributed by atoms with Crippen LogP contribution in [0.3, 0.4) is 0 Å². The number of benzene rings is 8. The number of fused-ring (bicyclic) bond motifs is 10. The molecule has 0 bridgehead atoms. The minimum atomic E-state index is -0.488. The summed E-state index contributed by atoms with van der Waals surface area (Å²) >= 11 is 50.3. The van der Waals surface area contributed by atoms with E-state index in [1.54, 1.807) is 5.56 Å². The Hall–Kier alpha value is 14.9. The fourth-order valence-corrected chi connectivity index (χ4v) is 5050. The van der Waals surface area contributed by atoms with Crippen molar-refractivity contribution in [3.8, 4) is 0 Å². The summed E-state index contributed by atoms with van der Waals surface area (Å²) in [4.78, 5) is 10.7. The summed E-state index contributed by atoms with van der Waals surface area (Å²) in [5.41, 5.74) is 32.3. The van der Waals surface area contributed by atoms with Gasteiger partial charge >= 0.3 is 408 Å². The molecule has 4 atom stereocenters. The summed E-state index contributed by atoms with van der Waals surface area (Å²) < 4.78 is 0. The third kappa shape index (κ3) is 26.6. The summed E-state index contributed by atoms with van der Waals surface area (Å²) in [6, 6.07) is 60.0. The van der Waals surface area contributed by atoms with Crippen LogP contribution in [0.2, 0.25) is 0 Å². The van der Waals surface area contributed by atoms with Crippen molar-refractivity contribution in [1.29, 1.82) is 0 Å². The predicted molar refractivity (Wildman–Crippen MR) is 842 cm³/mol. The second kappa shape index (κ2) is 49.4. The van der Waals surface area contributed by atoms with Crippen molar-refractivity contribution >= 4 is 488 Å². The predicted octanol–water partition coefficient (Wildman–Crippen LogP) is 50.5. The van der Waals surface area contributed by atoms with Crippen LogP contribution < -0.4 is 36.0 Å². The molecule has 4 unspecified atom stereocenters. The molecule has 0 spiro atoms. The third-order valence-corrected chi connectivity index (χ3v) is 2170. The van der Waals surface area contributed by atoms with E-state index in [0.29, 0.717) is 0 Å². The summed E-state index contributed by atoms with van der Waals surface area (Å²) in [5, 5.41) is 0. The van der Waals surface area contributed by atoms with Gasteiger partial charge in [0.1, 0.15) is 0 Å². The van der Waals surface area contributed by atoms with Gasteiger partial charge < -0.3 is 19.6 Å². The maximum atomic E-state index is 3.27. The van der Waals surface area contributed by atoms with E-state index >= 15 is 0 Å². The number of hydrogen-bond donors (Lipinski definition) is 0. The second-order valence-corrected chi connectivity index (χ2v) is 722. The van der Waals surface area contributed by atoms with Crippen molar-refractivity contribution in [3.05, 3.63) is 207 Å². The van der Waals surface area contributed by atoms with Gasteiger partial charge in [0.2, 0.25) is 0 Å². The van der Waals surface area contributed by atoms with Crippen molar-refractivity contribution in [2.45, 2.75) is 279 Å². The number of hydrogen-bond acceptors (Lipinski definition) is 4. The first kappa shape index (κ1) is 121. The van der Waals surface area contributed by atoms with Crippen molar-refractivity contribution in [1.82, 2.24) is 0 Å². The van der Waals surface area contributed by atoms with Crippen LogP contribution in [0.5, 0.6) is 0 Å². The van der Waals surface area contributed by atoms with Crippen molar-refractivity contribution in [2.75, 3.05) is 19.6 Å². The van der Waals surface area contributed by atoms with Crippen LogP contribution in [0.25, 0.3) is 0 Å². The van der Waals surface area contributed by atoms with Crippen molar-refractivity contribution < 1.29 is 0 Å². The number of anilines is 10. The van der Waals surface area contributed by atoms with Crippen LogP contribution in [-0.4, -0.2) is 17.8 Å². The van der Waals surface area contributed by atoms with Gasteiger partial charge in [-0.1, -0.05) is 244 Å². The zero-order valence-corrected chi connectivity index (χ0v) is 139. The van der Waals surface area contributed by atoms with E-state index in [9.17, 15) is 0 Å². The summed E-state index contributed by atoms with van der Waals surface area (Å²) in [6.07, 6.45) is 10.0. The molecule has 4 aliphatic heterocycles. The van der Waals surface area contributed by atoms with Gasteiger partial charge in [-0.3, -0.25) is 0 Å². The summed E-state index contributed by atoms with van der Waals surface area (Å²) in [5.74, 6) is 0. The van der Waals surface area contributed by atoms with Crippen molar-refractivity contribution in [2.24, 2.45) is 0 Å². The molecule has 2 aliphatic carbocycles. The van der Waals surface area contributed by atoms with E-state index in [0.717, 1.165) is 0 Å². The molecule has 0 saturated heterocycles. The fourth-order valence-electron chi connectivity index (χ4n) is 18.4. The molecule has 6 aliphatic rings. The maximum absolute atomic E-state index is 3.27. The molecule has 2 saturated carbocycles. The zero-order chi connectivity index (χ0) is 92.6. The van der Waals surface area contributed by atoms with E-state index < -0.39 is 111 Å². The first-order valence-electron chi connectivity index (χ1n) is 40.6. The summed E-state index contributed by atoms with van der Waals surface area (Å²) in [7, 11) is -6.50. The van der Waals surface area contributed by atoms with Crippen LogP contribution in [0.4, 0.5) is 56.9 Å². The number of nitrogens with zero attached hydrogens (tertiary/aromatic N) is 4. The quantitative estimate of drug-likeness (QED) is 0.0627. The first-order chi connectivity index (χ1) is 57.7. The molecule has 14 rings (SSSR count). The molecule has 4 nitrogen and oxygen atoms in total. The standard InChI is InChI=1S/C45H55BN2.C45H58N2.CH4.I30/c1-28-22-37-39-38(23-28)48-40-33(44(11)20-13-14-21-45(44,48)12)25-31(43(8,9)10)26-35(40)46(39)34-19-18-30(42(5,6)7)27-36(34)47(37)32-17-15-16-29(24-32)41(2,3)4;1-31-25-37(46(35-19-15-17-32(27-35)41(2,3)4)36-20-16-18-33(28-36)42(5,6)7)30-38(26-31)47-40-22-21-34(43(8,9)10)29-39(40)44(11)23-13-14-24-45(44,47)12;;1-17(2)19(5)21(7)23(9)25(11)27(13)29(15)30(16)28(14)26(12)24(10)22(8)20(6)18(3)4/h15-19,22-27H,13-14,20-21H2,1-12H3;15-22,25-30H,13-14,23-24H2,1-12H3;1H4;. The molecule has 0 amide bonds. The van der Waals surface area contributed by atoms with Gasteiger partial charge in [0.15, 0.2) is 0 Å². The van der Waals surface area contributed by atoms with Gasteiger partial charge in [0, 0.05) is 67.7 Å². The monoisotopic (exact) mass is 5080 g/mol. The molecule has 35 heteroatoms. The Kier molecular flexibility index (Phi) is 47.4. The van der Waals surface area contributed by atoms with E-state index in [4.69, 9.17) is 0 Å². The van der Waals surface area contributed by atoms with Crippen LogP contribution in [0, 0.1) is 13.8 Å². The molecule has 8 aromatic rings. The Labute approximate surface area is 966 Å². The molecule has 0 radical (unpaired) electrons.